The zero-order valence-corrected chi connectivity index (χ0v) is 64.1. The van der Waals surface area contributed by atoms with E-state index >= 15 is 0 Å². The Morgan fingerprint density at radius 3 is 0.615 bits per heavy atom. The third-order valence-electron chi connectivity index (χ3n) is 18.1. The van der Waals surface area contributed by atoms with E-state index in [0.29, 0.717) is 25.7 Å². The summed E-state index contributed by atoms with van der Waals surface area (Å²) >= 11 is 0. The number of rotatable bonds is 78. The van der Waals surface area contributed by atoms with Crippen LogP contribution >= 0.6 is 15.6 Å². The Hall–Kier alpha value is -1.94. The van der Waals surface area contributed by atoms with Crippen LogP contribution in [0.1, 0.15) is 413 Å². The van der Waals surface area contributed by atoms with E-state index in [0.717, 1.165) is 96.3 Å². The van der Waals surface area contributed by atoms with Gasteiger partial charge in [0.1, 0.15) is 19.3 Å². The molecule has 96 heavy (non-hydrogen) atoms. The van der Waals surface area contributed by atoms with Crippen LogP contribution in [0.4, 0.5) is 0 Å². The lowest BCUT2D eigenvalue weighted by molar-refractivity contribution is -0.161. The van der Waals surface area contributed by atoms with Gasteiger partial charge < -0.3 is 33.8 Å². The number of aliphatic hydroxyl groups is 1. The van der Waals surface area contributed by atoms with Gasteiger partial charge in [-0.1, -0.05) is 362 Å². The van der Waals surface area contributed by atoms with Gasteiger partial charge in [-0.25, -0.2) is 9.13 Å². The minimum atomic E-state index is -4.96. The molecule has 0 fully saturated rings. The van der Waals surface area contributed by atoms with Gasteiger partial charge >= 0.3 is 39.5 Å². The highest BCUT2D eigenvalue weighted by Gasteiger charge is 2.30. The van der Waals surface area contributed by atoms with E-state index < -0.39 is 97.5 Å². The molecule has 0 aromatic rings. The number of unbranched alkanes of at least 4 members (excludes halogenated alkanes) is 52. The third kappa shape index (κ3) is 70.5. The van der Waals surface area contributed by atoms with E-state index in [1.165, 1.54) is 238 Å². The molecule has 0 aliphatic heterocycles. The summed E-state index contributed by atoms with van der Waals surface area (Å²) in [6.45, 7) is 4.96. The molecule has 0 spiro atoms. The molecule has 17 nitrogen and oxygen atoms in total. The van der Waals surface area contributed by atoms with Gasteiger partial charge in [-0.15, -0.1) is 0 Å². The van der Waals surface area contributed by atoms with Crippen molar-refractivity contribution in [2.24, 2.45) is 0 Å². The molecule has 0 rings (SSSR count). The molecule has 3 N–H and O–H groups in total. The Labute approximate surface area is 588 Å². The molecule has 0 radical (unpaired) electrons. The second kappa shape index (κ2) is 71.5. The summed E-state index contributed by atoms with van der Waals surface area (Å²) in [4.78, 5) is 72.7. The highest BCUT2D eigenvalue weighted by Crippen LogP contribution is 2.45. The van der Waals surface area contributed by atoms with Crippen LogP contribution in [0.25, 0.3) is 0 Å². The molecule has 0 amide bonds. The fourth-order valence-corrected chi connectivity index (χ4v) is 13.5. The maximum Gasteiger partial charge on any atom is 0.472 e. The van der Waals surface area contributed by atoms with E-state index in [9.17, 15) is 43.2 Å². The fraction of sp³-hybridized carbons (Fsp3) is 0.948. The first kappa shape index (κ1) is 94.1. The number of ether oxygens (including phenoxy) is 4. The molecule has 0 bridgehead atoms. The molecular formula is C77H150O17P2. The van der Waals surface area contributed by atoms with Crippen LogP contribution in [0, 0.1) is 0 Å². The maximum atomic E-state index is 13.1. The monoisotopic (exact) mass is 1410 g/mol. The second-order valence-corrected chi connectivity index (χ2v) is 30.7. The van der Waals surface area contributed by atoms with E-state index in [2.05, 4.69) is 27.7 Å². The van der Waals surface area contributed by atoms with Gasteiger partial charge in [0, 0.05) is 25.7 Å². The van der Waals surface area contributed by atoms with E-state index in [-0.39, 0.29) is 25.7 Å². The summed E-state index contributed by atoms with van der Waals surface area (Å²) in [6, 6.07) is 0. The number of hydrogen-bond acceptors (Lipinski definition) is 15. The van der Waals surface area contributed by atoms with Crippen LogP contribution in [-0.2, 0) is 65.4 Å². The first-order valence-electron chi connectivity index (χ1n) is 40.3. The molecule has 5 atom stereocenters. The van der Waals surface area contributed by atoms with Gasteiger partial charge in [0.15, 0.2) is 12.2 Å². The third-order valence-corrected chi connectivity index (χ3v) is 20.0. The normalized spacial score (nSPS) is 13.9. The summed E-state index contributed by atoms with van der Waals surface area (Å²) < 4.78 is 68.4. The van der Waals surface area contributed by atoms with Crippen molar-refractivity contribution in [2.75, 3.05) is 39.6 Å². The van der Waals surface area contributed by atoms with Crippen molar-refractivity contribution < 1.29 is 80.2 Å². The van der Waals surface area contributed by atoms with Crippen molar-refractivity contribution in [3.63, 3.8) is 0 Å². The quantitative estimate of drug-likeness (QED) is 0.0222. The topological polar surface area (TPSA) is 237 Å². The smallest absolute Gasteiger partial charge is 0.462 e. The minimum absolute atomic E-state index is 0.107. The van der Waals surface area contributed by atoms with E-state index in [1.54, 1.807) is 0 Å². The van der Waals surface area contributed by atoms with Crippen molar-refractivity contribution in [3.8, 4) is 0 Å². The first-order chi connectivity index (χ1) is 46.7. The van der Waals surface area contributed by atoms with Crippen molar-refractivity contribution >= 4 is 39.5 Å². The number of aliphatic hydroxyl groups excluding tert-OH is 1. The zero-order chi connectivity index (χ0) is 70.4. The van der Waals surface area contributed by atoms with Gasteiger partial charge in [-0.3, -0.25) is 37.3 Å². The van der Waals surface area contributed by atoms with Crippen LogP contribution in [0.2, 0.25) is 0 Å². The summed E-state index contributed by atoms with van der Waals surface area (Å²) in [5.41, 5.74) is 0. The van der Waals surface area contributed by atoms with E-state index in [4.69, 9.17) is 37.0 Å². The van der Waals surface area contributed by atoms with Crippen molar-refractivity contribution in [3.05, 3.63) is 0 Å². The Kier molecular flexibility index (Phi) is 70.0. The van der Waals surface area contributed by atoms with Gasteiger partial charge in [0.2, 0.25) is 0 Å². The number of phosphoric acid groups is 2. The SMILES string of the molecule is CCCCCCCCCCCCCCCCCCCCCCC(=O)O[C@H](COC(=O)CCCCCCCCCCCCCCCCCCCC)COP(=O)(O)OC[C@@H](O)COP(=O)(O)OC[C@@H](COC(=O)CCCCCCCCCC)OC(=O)CCCCCCCCCCCC. The van der Waals surface area contributed by atoms with Crippen LogP contribution in [-0.4, -0.2) is 96.7 Å². The largest absolute Gasteiger partial charge is 0.472 e. The van der Waals surface area contributed by atoms with Gasteiger partial charge in [-0.2, -0.15) is 0 Å². The molecule has 0 aliphatic carbocycles. The fourth-order valence-electron chi connectivity index (χ4n) is 11.9. The van der Waals surface area contributed by atoms with Crippen LogP contribution in [0.5, 0.6) is 0 Å². The molecule has 570 valence electrons. The molecule has 2 unspecified atom stereocenters. The number of carbonyl (C=O) groups is 4. The minimum Gasteiger partial charge on any atom is -0.462 e. The average molecular weight is 1410 g/mol. The number of phosphoric ester groups is 2. The summed E-state index contributed by atoms with van der Waals surface area (Å²) in [6.07, 6.45) is 62.6. The molecule has 0 saturated carbocycles. The summed E-state index contributed by atoms with van der Waals surface area (Å²) in [5, 5.41) is 10.6. The first-order valence-corrected chi connectivity index (χ1v) is 43.3. The van der Waals surface area contributed by atoms with Crippen molar-refractivity contribution in [2.45, 2.75) is 431 Å². The summed E-state index contributed by atoms with van der Waals surface area (Å²) in [5.74, 6) is -2.11. The van der Waals surface area contributed by atoms with Crippen LogP contribution in [0.3, 0.4) is 0 Å². The van der Waals surface area contributed by atoms with Gasteiger partial charge in [0.05, 0.1) is 26.4 Å². The lowest BCUT2D eigenvalue weighted by Crippen LogP contribution is -2.30. The Morgan fingerprint density at radius 2 is 0.417 bits per heavy atom. The molecule has 0 aromatic carbocycles. The predicted molar refractivity (Wildman–Crippen MR) is 391 cm³/mol. The lowest BCUT2D eigenvalue weighted by atomic mass is 10.0. The molecule has 0 heterocycles. The van der Waals surface area contributed by atoms with E-state index in [1.807, 2.05) is 0 Å². The van der Waals surface area contributed by atoms with Crippen LogP contribution < -0.4 is 0 Å². The molecule has 0 saturated heterocycles. The molecule has 19 heteroatoms. The Balaban J connectivity index is 5.17. The molecule has 0 aliphatic rings. The average Bonchev–Trinajstić information content (AvgIpc) is 1.28. The molecule has 0 aromatic heterocycles. The van der Waals surface area contributed by atoms with Gasteiger partial charge in [-0.05, 0) is 25.7 Å². The Bertz CT molecular complexity index is 1830. The van der Waals surface area contributed by atoms with Crippen LogP contribution in [0.15, 0.2) is 0 Å². The predicted octanol–water partition coefficient (Wildman–Crippen LogP) is 23.0. The van der Waals surface area contributed by atoms with Gasteiger partial charge in [0.25, 0.3) is 0 Å². The lowest BCUT2D eigenvalue weighted by Gasteiger charge is -2.21. The Morgan fingerprint density at radius 1 is 0.250 bits per heavy atom. The summed E-state index contributed by atoms with van der Waals surface area (Å²) in [7, 11) is -9.90. The standard InChI is InChI=1S/C77H150O17P2/c1-5-9-13-17-21-25-28-30-32-34-36-37-39-41-43-45-48-52-56-60-64-77(82)94-73(68-88-75(80)62-58-54-50-47-44-42-40-38-35-33-31-29-26-22-18-14-10-6-2)70-92-96(85,86)90-66-71(78)65-89-95(83,84)91-69-72(67-87-74(79)61-57-53-49-24-20-16-12-8-4)93-76(81)63-59-55-51-46-27-23-19-15-11-7-3/h71-73,78H,5-70H2,1-4H3,(H,83,84)(H,85,86)/t71-,72+,73+/m0/s1. The number of esters is 4. The highest BCUT2D eigenvalue weighted by molar-refractivity contribution is 7.47. The maximum absolute atomic E-state index is 13.1. The highest BCUT2D eigenvalue weighted by atomic mass is 31.2. The van der Waals surface area contributed by atoms with Crippen molar-refractivity contribution in [1.82, 2.24) is 0 Å². The molecular weight excluding hydrogens is 1260 g/mol. The van der Waals surface area contributed by atoms with Crippen molar-refractivity contribution in [1.29, 1.82) is 0 Å². The number of hydrogen-bond donors (Lipinski definition) is 3. The zero-order valence-electron chi connectivity index (χ0n) is 62.4. The second-order valence-electron chi connectivity index (χ2n) is 27.7. The number of carbonyl (C=O) groups excluding carboxylic acids is 4.